The monoisotopic (exact) mass is 376 g/mol. The van der Waals surface area contributed by atoms with Crippen LogP contribution in [0, 0.1) is 0 Å². The Morgan fingerprint density at radius 2 is 1.96 bits per heavy atom. The molecule has 0 atom stereocenters. The lowest BCUT2D eigenvalue weighted by atomic mass is 10.3. The van der Waals surface area contributed by atoms with Crippen molar-refractivity contribution in [3.63, 3.8) is 0 Å². The molecule has 0 aliphatic rings. The lowest BCUT2D eigenvalue weighted by Crippen LogP contribution is -2.27. The molecule has 0 unspecified atom stereocenters. The van der Waals surface area contributed by atoms with E-state index in [0.717, 1.165) is 36.9 Å². The molecule has 144 valence electrons. The van der Waals surface area contributed by atoms with Crippen LogP contribution in [-0.2, 0) is 6.54 Å². The number of nitrogens with one attached hydrogen (secondary N) is 1. The molecule has 0 fully saturated rings. The summed E-state index contributed by atoms with van der Waals surface area (Å²) in [6.45, 7) is 4.70. The molecule has 0 saturated carbocycles. The van der Waals surface area contributed by atoms with Gasteiger partial charge in [-0.2, -0.15) is 13.9 Å². The summed E-state index contributed by atoms with van der Waals surface area (Å²) in [4.78, 5) is 19.2. The van der Waals surface area contributed by atoms with Gasteiger partial charge in [0.15, 0.2) is 5.69 Å². The molecule has 9 heteroatoms. The summed E-state index contributed by atoms with van der Waals surface area (Å²) in [5.74, 6) is -0.200. The number of rotatable bonds is 8. The van der Waals surface area contributed by atoms with Crippen LogP contribution in [0.3, 0.4) is 0 Å². The molecule has 0 aliphatic carbocycles. The molecular weight excluding hydrogens is 354 g/mol. The van der Waals surface area contributed by atoms with E-state index < -0.39 is 12.5 Å². The van der Waals surface area contributed by atoms with Crippen molar-refractivity contribution in [3.8, 4) is 0 Å². The number of para-hydroxylation sites is 2. The first-order valence-electron chi connectivity index (χ1n) is 8.85. The summed E-state index contributed by atoms with van der Waals surface area (Å²) < 4.78 is 27.7. The average molecular weight is 376 g/mol. The fraction of sp³-hybridized carbons (Fsp3) is 0.389. The zero-order chi connectivity index (χ0) is 19.4. The molecule has 0 saturated heterocycles. The number of hydrogen-bond acceptors (Lipinski definition) is 4. The molecule has 2 aromatic heterocycles. The number of carbonyl (C=O) groups is 1. The second-order valence-electron chi connectivity index (χ2n) is 6.02. The molecule has 1 N–H and O–H groups in total. The van der Waals surface area contributed by atoms with Crippen LogP contribution in [0.5, 0.6) is 0 Å². The van der Waals surface area contributed by atoms with Gasteiger partial charge in [0.2, 0.25) is 5.95 Å². The number of carbonyl (C=O) groups excluding carboxylic acids is 1. The van der Waals surface area contributed by atoms with E-state index in [0.29, 0.717) is 17.2 Å². The highest BCUT2D eigenvalue weighted by Crippen LogP contribution is 2.20. The van der Waals surface area contributed by atoms with Gasteiger partial charge < -0.3 is 9.47 Å². The van der Waals surface area contributed by atoms with Crippen molar-refractivity contribution in [1.82, 2.24) is 24.2 Å². The Kier molecular flexibility index (Phi) is 5.80. The first-order valence-corrected chi connectivity index (χ1v) is 8.85. The Balaban J connectivity index is 1.86. The van der Waals surface area contributed by atoms with E-state index >= 15 is 0 Å². The predicted molar refractivity (Wildman–Crippen MR) is 99.0 cm³/mol. The largest absolute Gasteiger partial charge is 0.333 e. The van der Waals surface area contributed by atoms with Crippen molar-refractivity contribution in [1.29, 1.82) is 0 Å². The molecule has 0 spiro atoms. The van der Waals surface area contributed by atoms with Gasteiger partial charge in [-0.1, -0.05) is 26.0 Å². The maximum Gasteiger partial charge on any atom is 0.333 e. The van der Waals surface area contributed by atoms with Crippen LogP contribution in [0.25, 0.3) is 11.0 Å². The third-order valence-electron chi connectivity index (χ3n) is 4.46. The molecule has 2 heterocycles. The zero-order valence-corrected chi connectivity index (χ0v) is 15.3. The average Bonchev–Trinajstić information content (AvgIpc) is 3.28. The maximum atomic E-state index is 12.7. The highest BCUT2D eigenvalue weighted by atomic mass is 19.3. The number of hydrogen-bond donors (Lipinski definition) is 1. The zero-order valence-electron chi connectivity index (χ0n) is 15.3. The smallest absolute Gasteiger partial charge is 0.309 e. The van der Waals surface area contributed by atoms with Gasteiger partial charge in [-0.05, 0) is 31.3 Å². The topological polar surface area (TPSA) is 68.0 Å². The third kappa shape index (κ3) is 4.13. The van der Waals surface area contributed by atoms with Crippen molar-refractivity contribution in [3.05, 3.63) is 42.2 Å². The highest BCUT2D eigenvalue weighted by molar-refractivity contribution is 6.02. The van der Waals surface area contributed by atoms with Gasteiger partial charge in [0.25, 0.3) is 5.91 Å². The molecule has 3 aromatic rings. The predicted octanol–water partition coefficient (Wildman–Crippen LogP) is 3.22. The van der Waals surface area contributed by atoms with Gasteiger partial charge in [-0.15, -0.1) is 0 Å². The van der Waals surface area contributed by atoms with E-state index in [9.17, 15) is 13.6 Å². The standard InChI is InChI=1S/C18H22F2N6O/c1-3-24(4-2)11-12-25-15-8-6-5-7-13(15)21-18(25)22-16(27)14-9-10-26(23-14)17(19)20/h5-10,17H,3-4,11-12H2,1-2H3,(H,21,22,27). The van der Waals surface area contributed by atoms with E-state index in [-0.39, 0.29) is 5.69 Å². The Bertz CT molecular complexity index is 916. The van der Waals surface area contributed by atoms with Gasteiger partial charge in [-0.3, -0.25) is 10.1 Å². The molecule has 0 radical (unpaired) electrons. The van der Waals surface area contributed by atoms with Gasteiger partial charge in [0, 0.05) is 19.3 Å². The lowest BCUT2D eigenvalue weighted by molar-refractivity contribution is 0.0561. The summed E-state index contributed by atoms with van der Waals surface area (Å²) >= 11 is 0. The van der Waals surface area contributed by atoms with Crippen LogP contribution in [0.4, 0.5) is 14.7 Å². The third-order valence-corrected chi connectivity index (χ3v) is 4.46. The second kappa shape index (κ2) is 8.26. The Morgan fingerprint density at radius 3 is 2.63 bits per heavy atom. The number of anilines is 1. The van der Waals surface area contributed by atoms with E-state index in [4.69, 9.17) is 0 Å². The summed E-state index contributed by atoms with van der Waals surface area (Å²) in [6.07, 6.45) is 1.07. The van der Waals surface area contributed by atoms with Crippen LogP contribution >= 0.6 is 0 Å². The number of likely N-dealkylation sites (N-methyl/N-ethyl adjacent to an activating group) is 1. The minimum Gasteiger partial charge on any atom is -0.309 e. The molecule has 1 aromatic carbocycles. The minimum absolute atomic E-state index is 0.0855. The Morgan fingerprint density at radius 1 is 1.22 bits per heavy atom. The number of amides is 1. The van der Waals surface area contributed by atoms with Crippen LogP contribution in [0.2, 0.25) is 0 Å². The van der Waals surface area contributed by atoms with Gasteiger partial charge in [-0.25, -0.2) is 9.67 Å². The van der Waals surface area contributed by atoms with Crippen LogP contribution < -0.4 is 5.32 Å². The number of imidazole rings is 1. The Labute approximate surface area is 155 Å². The number of alkyl halides is 2. The Hall–Kier alpha value is -2.81. The van der Waals surface area contributed by atoms with Crippen LogP contribution in [0.1, 0.15) is 30.9 Å². The van der Waals surface area contributed by atoms with Crippen molar-refractivity contribution >= 4 is 22.9 Å². The fourth-order valence-corrected chi connectivity index (χ4v) is 2.91. The molecule has 27 heavy (non-hydrogen) atoms. The van der Waals surface area contributed by atoms with Crippen molar-refractivity contribution in [2.45, 2.75) is 26.9 Å². The summed E-state index contributed by atoms with van der Waals surface area (Å²) in [5, 5.41) is 6.30. The van der Waals surface area contributed by atoms with Gasteiger partial charge >= 0.3 is 6.55 Å². The normalized spacial score (nSPS) is 11.6. The highest BCUT2D eigenvalue weighted by Gasteiger charge is 2.18. The number of benzene rings is 1. The van der Waals surface area contributed by atoms with Gasteiger partial charge in [0.05, 0.1) is 11.0 Å². The van der Waals surface area contributed by atoms with E-state index in [1.54, 1.807) is 0 Å². The summed E-state index contributed by atoms with van der Waals surface area (Å²) in [5.41, 5.74) is 1.57. The molecule has 0 bridgehead atoms. The number of halogens is 2. The van der Waals surface area contributed by atoms with Crippen molar-refractivity contribution in [2.24, 2.45) is 0 Å². The number of fused-ring (bicyclic) bond motifs is 1. The molecular formula is C18H22F2N6O. The SMILES string of the molecule is CCN(CC)CCn1c(NC(=O)c2ccn(C(F)F)n2)nc2ccccc21. The fourth-order valence-electron chi connectivity index (χ4n) is 2.91. The first kappa shape index (κ1) is 19.0. The maximum absolute atomic E-state index is 12.7. The first-order chi connectivity index (χ1) is 13.0. The number of aromatic nitrogens is 4. The molecule has 1 amide bonds. The lowest BCUT2D eigenvalue weighted by Gasteiger charge is -2.19. The summed E-state index contributed by atoms with van der Waals surface area (Å²) in [7, 11) is 0. The van der Waals surface area contributed by atoms with Gasteiger partial charge in [0.1, 0.15) is 0 Å². The van der Waals surface area contributed by atoms with Crippen LogP contribution in [-0.4, -0.2) is 49.8 Å². The minimum atomic E-state index is -2.79. The van der Waals surface area contributed by atoms with Crippen molar-refractivity contribution in [2.75, 3.05) is 25.0 Å². The van der Waals surface area contributed by atoms with Crippen molar-refractivity contribution < 1.29 is 13.6 Å². The number of nitrogens with zero attached hydrogens (tertiary/aromatic N) is 5. The van der Waals surface area contributed by atoms with Crippen LogP contribution in [0.15, 0.2) is 36.5 Å². The molecule has 3 rings (SSSR count). The van der Waals surface area contributed by atoms with E-state index in [2.05, 4.69) is 34.1 Å². The summed E-state index contributed by atoms with van der Waals surface area (Å²) in [6, 6.07) is 8.84. The molecule has 0 aliphatic heterocycles. The van der Waals surface area contributed by atoms with E-state index in [1.807, 2.05) is 28.8 Å². The quantitative estimate of drug-likeness (QED) is 0.655. The van der Waals surface area contributed by atoms with E-state index in [1.165, 1.54) is 6.07 Å². The second-order valence-corrected chi connectivity index (χ2v) is 6.02. The molecule has 7 nitrogen and oxygen atoms in total.